The molecule has 1 aromatic heterocycles. The highest BCUT2D eigenvalue weighted by molar-refractivity contribution is 6.30. The van der Waals surface area contributed by atoms with Gasteiger partial charge in [0.2, 0.25) is 5.91 Å². The summed E-state index contributed by atoms with van der Waals surface area (Å²) < 4.78 is 12.1. The van der Waals surface area contributed by atoms with Crippen molar-refractivity contribution in [1.29, 1.82) is 0 Å². The Balaban J connectivity index is 1.34. The Morgan fingerprint density at radius 2 is 1.68 bits per heavy atom. The van der Waals surface area contributed by atoms with E-state index in [4.69, 9.17) is 21.1 Å². The fourth-order valence-electron chi connectivity index (χ4n) is 4.44. The third kappa shape index (κ3) is 7.09. The third-order valence-electron chi connectivity index (χ3n) is 6.55. The number of halogens is 1. The molecular weight excluding hydrogens is 550 g/mol. The van der Waals surface area contributed by atoms with Gasteiger partial charge in [-0.15, -0.1) is 0 Å². The number of amides is 2. The lowest BCUT2D eigenvalue weighted by Gasteiger charge is -2.09. The first-order chi connectivity index (χ1) is 19.7. The number of hydrogen-bond acceptors (Lipinski definition) is 7. The number of hydrogen-bond donors (Lipinski definition) is 4. The summed E-state index contributed by atoms with van der Waals surface area (Å²) in [5.41, 5.74) is 3.14. The monoisotopic (exact) mass is 579 g/mol. The van der Waals surface area contributed by atoms with Gasteiger partial charge in [-0.2, -0.15) is 0 Å². The van der Waals surface area contributed by atoms with Crippen LogP contribution in [-0.2, 0) is 22.4 Å². The number of ether oxygens (including phenoxy) is 2. The van der Waals surface area contributed by atoms with Crippen LogP contribution in [0, 0.1) is 6.92 Å². The van der Waals surface area contributed by atoms with Crippen LogP contribution in [0.15, 0.2) is 60.7 Å². The van der Waals surface area contributed by atoms with Crippen LogP contribution >= 0.6 is 11.6 Å². The van der Waals surface area contributed by atoms with Crippen LogP contribution in [-0.4, -0.2) is 59.5 Å². The Morgan fingerprint density at radius 1 is 0.927 bits per heavy atom. The van der Waals surface area contributed by atoms with Crippen LogP contribution in [0.2, 0.25) is 5.02 Å². The number of rotatable bonds is 10. The van der Waals surface area contributed by atoms with Gasteiger partial charge in [-0.1, -0.05) is 17.7 Å². The summed E-state index contributed by atoms with van der Waals surface area (Å²) in [4.78, 5) is 38.2. The lowest BCUT2D eigenvalue weighted by molar-refractivity contribution is -0.120. The number of methoxy groups -OCH3 is 1. The van der Waals surface area contributed by atoms with Gasteiger partial charge in [0.15, 0.2) is 11.5 Å². The van der Waals surface area contributed by atoms with E-state index in [0.29, 0.717) is 39.5 Å². The molecule has 3 aromatic carbocycles. The van der Waals surface area contributed by atoms with Gasteiger partial charge >= 0.3 is 6.09 Å². The van der Waals surface area contributed by atoms with E-state index in [-0.39, 0.29) is 49.4 Å². The summed E-state index contributed by atoms with van der Waals surface area (Å²) in [5.74, 6) is -0.396. The summed E-state index contributed by atoms with van der Waals surface area (Å²) in [5, 5.41) is 25.5. The molecule has 4 aromatic rings. The number of fused-ring (bicyclic) bond motifs is 1. The van der Waals surface area contributed by atoms with Gasteiger partial charge in [0.05, 0.1) is 25.6 Å². The van der Waals surface area contributed by atoms with Gasteiger partial charge in [0.25, 0.3) is 5.91 Å². The second kappa shape index (κ2) is 13.1. The van der Waals surface area contributed by atoms with Crippen molar-refractivity contribution in [2.45, 2.75) is 19.8 Å². The molecule has 10 nitrogen and oxygen atoms in total. The highest BCUT2D eigenvalue weighted by Gasteiger charge is 2.22. The van der Waals surface area contributed by atoms with E-state index in [1.807, 2.05) is 0 Å². The van der Waals surface area contributed by atoms with Crippen LogP contribution < -0.4 is 15.4 Å². The van der Waals surface area contributed by atoms with Crippen molar-refractivity contribution < 1.29 is 34.1 Å². The van der Waals surface area contributed by atoms with E-state index in [9.17, 15) is 24.6 Å². The van der Waals surface area contributed by atoms with E-state index < -0.39 is 6.09 Å². The summed E-state index contributed by atoms with van der Waals surface area (Å²) in [6.45, 7) is 2.11. The zero-order valence-electron chi connectivity index (χ0n) is 22.6. The number of phenols is 2. The third-order valence-corrected chi connectivity index (χ3v) is 6.81. The predicted molar refractivity (Wildman–Crippen MR) is 154 cm³/mol. The molecule has 0 saturated carbocycles. The van der Waals surface area contributed by atoms with Crippen molar-refractivity contribution in [3.63, 3.8) is 0 Å². The number of benzene rings is 3. The Kier molecular flexibility index (Phi) is 9.36. The Hall–Kier alpha value is -4.70. The van der Waals surface area contributed by atoms with Crippen LogP contribution in [0.5, 0.6) is 17.2 Å². The molecule has 0 bridgehead atoms. The topological polar surface area (TPSA) is 139 Å². The Morgan fingerprint density at radius 3 is 2.39 bits per heavy atom. The van der Waals surface area contributed by atoms with Gasteiger partial charge in [-0.05, 0) is 79.1 Å². The van der Waals surface area contributed by atoms with E-state index in [1.165, 1.54) is 12.1 Å². The van der Waals surface area contributed by atoms with Crippen molar-refractivity contribution in [3.05, 3.63) is 88.1 Å². The first kappa shape index (κ1) is 29.3. The maximum atomic E-state index is 13.4. The minimum absolute atomic E-state index is 0.00205. The van der Waals surface area contributed by atoms with Crippen molar-refractivity contribution in [2.24, 2.45) is 0 Å². The molecule has 41 heavy (non-hydrogen) atoms. The van der Waals surface area contributed by atoms with Gasteiger partial charge in [-0.25, -0.2) is 4.79 Å². The normalized spacial score (nSPS) is 10.8. The lowest BCUT2D eigenvalue weighted by Crippen LogP contribution is -2.32. The highest BCUT2D eigenvalue weighted by atomic mass is 35.5. The zero-order valence-corrected chi connectivity index (χ0v) is 23.3. The quantitative estimate of drug-likeness (QED) is 0.162. The fraction of sp³-hybridized carbons (Fsp3) is 0.233. The van der Waals surface area contributed by atoms with Crippen LogP contribution in [0.25, 0.3) is 10.9 Å². The van der Waals surface area contributed by atoms with Crippen molar-refractivity contribution in [3.8, 4) is 17.2 Å². The molecule has 214 valence electrons. The second-order valence-electron chi connectivity index (χ2n) is 9.26. The zero-order chi connectivity index (χ0) is 29.5. The highest BCUT2D eigenvalue weighted by Crippen LogP contribution is 2.31. The van der Waals surface area contributed by atoms with Crippen LogP contribution in [0.3, 0.4) is 0 Å². The molecule has 0 spiro atoms. The molecule has 0 radical (unpaired) electrons. The molecular formula is C30H30ClN3O7. The predicted octanol–water partition coefficient (Wildman–Crippen LogP) is 4.34. The largest absolute Gasteiger partial charge is 0.504 e. The minimum atomic E-state index is -0.644. The number of alkyl carbamates (subject to hydrolysis) is 1. The molecule has 4 rings (SSSR count). The number of nitrogens with zero attached hydrogens (tertiary/aromatic N) is 1. The molecule has 0 aliphatic heterocycles. The molecule has 0 fully saturated rings. The van der Waals surface area contributed by atoms with Crippen molar-refractivity contribution in [2.75, 3.05) is 26.8 Å². The molecule has 2 amide bonds. The Bertz CT molecular complexity index is 1580. The Labute approximate surface area is 241 Å². The number of carbonyl (C=O) groups is 3. The first-order valence-electron chi connectivity index (χ1n) is 12.8. The summed E-state index contributed by atoms with van der Waals surface area (Å²) >= 11 is 5.99. The van der Waals surface area contributed by atoms with Gasteiger partial charge in [0.1, 0.15) is 12.4 Å². The molecule has 0 unspecified atom stereocenters. The van der Waals surface area contributed by atoms with Crippen molar-refractivity contribution in [1.82, 2.24) is 15.2 Å². The minimum Gasteiger partial charge on any atom is -0.504 e. The first-order valence-corrected chi connectivity index (χ1v) is 13.2. The second-order valence-corrected chi connectivity index (χ2v) is 9.69. The molecule has 0 aliphatic rings. The lowest BCUT2D eigenvalue weighted by atomic mass is 10.1. The number of nitrogens with one attached hydrogen (secondary N) is 2. The molecule has 1 heterocycles. The number of phenolic OH excluding ortho intramolecular Hbond substituents is 2. The van der Waals surface area contributed by atoms with Crippen LogP contribution in [0.4, 0.5) is 4.79 Å². The summed E-state index contributed by atoms with van der Waals surface area (Å²) in [7, 11) is 1.55. The summed E-state index contributed by atoms with van der Waals surface area (Å²) in [6, 6.07) is 16.4. The number of aromatic nitrogens is 1. The van der Waals surface area contributed by atoms with E-state index in [2.05, 4.69) is 10.6 Å². The molecule has 0 saturated heterocycles. The van der Waals surface area contributed by atoms with E-state index >= 15 is 0 Å². The van der Waals surface area contributed by atoms with Gasteiger partial charge < -0.3 is 30.3 Å². The average molecular weight is 580 g/mol. The van der Waals surface area contributed by atoms with Gasteiger partial charge in [-0.3, -0.25) is 14.2 Å². The van der Waals surface area contributed by atoms with Gasteiger partial charge in [0, 0.05) is 28.2 Å². The smallest absolute Gasteiger partial charge is 0.407 e. The van der Waals surface area contributed by atoms with Crippen molar-refractivity contribution >= 4 is 40.4 Å². The maximum absolute atomic E-state index is 13.4. The molecule has 11 heteroatoms. The maximum Gasteiger partial charge on any atom is 0.407 e. The van der Waals surface area contributed by atoms with E-state index in [1.54, 1.807) is 67.1 Å². The molecule has 0 aliphatic carbocycles. The SMILES string of the molecule is COc1ccc2c(c1)c(CC(=O)NCCOC(=O)NCCc1ccc(O)c(O)c1)c(C)n2C(=O)c1ccc(Cl)cc1. The standard InChI is InChI=1S/C30H30ClN3O7/c1-18-23(17-28(37)32-13-14-41-30(39)33-12-11-19-3-10-26(35)27(36)15-19)24-16-22(40-2)8-9-25(24)34(18)29(38)20-4-6-21(31)7-5-20/h3-10,15-16,35-36H,11-14,17H2,1-2H3,(H,32,37)(H,33,39). The fourth-order valence-corrected chi connectivity index (χ4v) is 4.56. The van der Waals surface area contributed by atoms with Crippen LogP contribution in [0.1, 0.15) is 27.2 Å². The number of carbonyl (C=O) groups excluding carboxylic acids is 3. The molecule has 0 atom stereocenters. The average Bonchev–Trinajstić information content (AvgIpc) is 3.23. The number of aromatic hydroxyl groups is 2. The van der Waals surface area contributed by atoms with E-state index in [0.717, 1.165) is 10.9 Å². The summed E-state index contributed by atoms with van der Waals surface area (Å²) in [6.07, 6.45) is -0.214. The molecule has 4 N–H and O–H groups in total.